The van der Waals surface area contributed by atoms with Crippen LogP contribution >= 0.6 is 0 Å². The van der Waals surface area contributed by atoms with Gasteiger partial charge in [0, 0.05) is 10.8 Å². The molecule has 0 saturated carbocycles. The van der Waals surface area contributed by atoms with E-state index >= 15 is 0 Å². The Balaban J connectivity index is 1.52. The van der Waals surface area contributed by atoms with Gasteiger partial charge in [0.05, 0.1) is 6.61 Å². The first-order valence-corrected chi connectivity index (χ1v) is 10.4. The van der Waals surface area contributed by atoms with E-state index in [-0.39, 0.29) is 0 Å². The van der Waals surface area contributed by atoms with Crippen molar-refractivity contribution in [2.75, 3.05) is 6.61 Å². The van der Waals surface area contributed by atoms with Crippen LogP contribution in [-0.2, 0) is 0 Å². The van der Waals surface area contributed by atoms with Gasteiger partial charge in [0.25, 0.3) is 0 Å². The van der Waals surface area contributed by atoms with Crippen LogP contribution in [0.1, 0.15) is 64.7 Å². The highest BCUT2D eigenvalue weighted by molar-refractivity contribution is 6.05. The predicted octanol–water partition coefficient (Wildman–Crippen LogP) is 7.90. The van der Waals surface area contributed by atoms with Gasteiger partial charge in [-0.05, 0) is 23.3 Å². The van der Waals surface area contributed by atoms with E-state index in [4.69, 9.17) is 4.74 Å². The van der Waals surface area contributed by atoms with Gasteiger partial charge >= 0.3 is 0 Å². The van der Waals surface area contributed by atoms with Crippen molar-refractivity contribution in [1.82, 2.24) is 0 Å². The van der Waals surface area contributed by atoms with Crippen LogP contribution in [-0.4, -0.2) is 6.61 Å². The summed E-state index contributed by atoms with van der Waals surface area (Å²) in [6.07, 6.45) is 12.1. The molecule has 0 bridgehead atoms. The Hall–Kier alpha value is -2.02. The van der Waals surface area contributed by atoms with Crippen molar-refractivity contribution in [1.29, 1.82) is 0 Å². The highest BCUT2D eigenvalue weighted by Crippen LogP contribution is 2.34. The first-order chi connectivity index (χ1) is 12.9. The summed E-state index contributed by atoms with van der Waals surface area (Å²) in [5.41, 5.74) is 0. The molecule has 0 aliphatic rings. The molecule has 26 heavy (non-hydrogen) atoms. The molecular weight excluding hydrogens is 316 g/mol. The lowest BCUT2D eigenvalue weighted by atomic mass is 10.0. The monoisotopic (exact) mass is 348 g/mol. The first kappa shape index (κ1) is 18.8. The van der Waals surface area contributed by atoms with Crippen molar-refractivity contribution in [3.8, 4) is 5.75 Å². The van der Waals surface area contributed by atoms with Gasteiger partial charge in [0.1, 0.15) is 5.75 Å². The summed E-state index contributed by atoms with van der Waals surface area (Å²) in [6, 6.07) is 19.4. The number of rotatable bonds is 11. The molecule has 0 heterocycles. The maximum atomic E-state index is 6.29. The second-order valence-electron chi connectivity index (χ2n) is 7.32. The summed E-state index contributed by atoms with van der Waals surface area (Å²) in [5, 5.41) is 4.96. The number of fused-ring (bicyclic) bond motifs is 2. The third-order valence-corrected chi connectivity index (χ3v) is 5.22. The highest BCUT2D eigenvalue weighted by atomic mass is 16.5. The van der Waals surface area contributed by atoms with Crippen LogP contribution in [0.4, 0.5) is 0 Å². The molecule has 0 radical (unpaired) electrons. The van der Waals surface area contributed by atoms with Gasteiger partial charge in [-0.3, -0.25) is 0 Å². The Morgan fingerprint density at radius 2 is 1.12 bits per heavy atom. The highest BCUT2D eigenvalue weighted by Gasteiger charge is 2.08. The second-order valence-corrected chi connectivity index (χ2v) is 7.32. The molecule has 1 heteroatoms. The van der Waals surface area contributed by atoms with Gasteiger partial charge in [-0.15, -0.1) is 0 Å². The third kappa shape index (κ3) is 5.00. The molecule has 0 aliphatic carbocycles. The quantitative estimate of drug-likeness (QED) is 0.253. The fraction of sp³-hybridized carbons (Fsp3) is 0.440. The largest absolute Gasteiger partial charge is 0.492 e. The number of benzene rings is 3. The fourth-order valence-corrected chi connectivity index (χ4v) is 3.71. The fourth-order valence-electron chi connectivity index (χ4n) is 3.71. The van der Waals surface area contributed by atoms with E-state index in [1.807, 2.05) is 0 Å². The van der Waals surface area contributed by atoms with Crippen molar-refractivity contribution in [2.45, 2.75) is 64.7 Å². The van der Waals surface area contributed by atoms with E-state index < -0.39 is 0 Å². The second kappa shape index (κ2) is 10.2. The zero-order valence-electron chi connectivity index (χ0n) is 16.2. The van der Waals surface area contributed by atoms with Gasteiger partial charge < -0.3 is 4.74 Å². The minimum Gasteiger partial charge on any atom is -0.492 e. The molecule has 3 rings (SSSR count). The minimum atomic E-state index is 0.813. The Morgan fingerprint density at radius 1 is 0.615 bits per heavy atom. The van der Waals surface area contributed by atoms with Crippen LogP contribution in [0.3, 0.4) is 0 Å². The summed E-state index contributed by atoms with van der Waals surface area (Å²) >= 11 is 0. The summed E-state index contributed by atoms with van der Waals surface area (Å²) in [4.78, 5) is 0. The lowest BCUT2D eigenvalue weighted by molar-refractivity contribution is 0.311. The number of hydrogen-bond acceptors (Lipinski definition) is 1. The Bertz CT molecular complexity index is 751. The van der Waals surface area contributed by atoms with Crippen molar-refractivity contribution in [3.63, 3.8) is 0 Å². The van der Waals surface area contributed by atoms with Gasteiger partial charge in [-0.2, -0.15) is 0 Å². The molecule has 0 aromatic heterocycles. The Kier molecular flexibility index (Phi) is 7.37. The number of hydrogen-bond donors (Lipinski definition) is 0. The molecule has 0 fully saturated rings. The zero-order chi connectivity index (χ0) is 18.0. The third-order valence-electron chi connectivity index (χ3n) is 5.22. The van der Waals surface area contributed by atoms with Crippen molar-refractivity contribution < 1.29 is 4.74 Å². The van der Waals surface area contributed by atoms with E-state index in [9.17, 15) is 0 Å². The number of ether oxygens (including phenoxy) is 1. The predicted molar refractivity (Wildman–Crippen MR) is 114 cm³/mol. The van der Waals surface area contributed by atoms with Gasteiger partial charge in [-0.1, -0.05) is 107 Å². The van der Waals surface area contributed by atoms with Crippen LogP contribution in [0, 0.1) is 0 Å². The molecular formula is C25H32O. The molecule has 0 amide bonds. The van der Waals surface area contributed by atoms with Gasteiger partial charge in [0.2, 0.25) is 0 Å². The summed E-state index contributed by atoms with van der Waals surface area (Å²) in [6.45, 7) is 3.09. The Labute approximate surface area is 158 Å². The summed E-state index contributed by atoms with van der Waals surface area (Å²) < 4.78 is 6.29. The summed E-state index contributed by atoms with van der Waals surface area (Å²) in [7, 11) is 0. The topological polar surface area (TPSA) is 9.23 Å². The first-order valence-electron chi connectivity index (χ1n) is 10.4. The standard InChI is InChI=1S/C25H32O/c1-2-3-4-5-6-7-8-9-14-19-26-25-23-17-12-10-15-21(23)20-22-16-11-13-18-24(22)25/h10-13,15-18,20H,2-9,14,19H2,1H3. The molecule has 3 aromatic carbocycles. The van der Waals surface area contributed by atoms with E-state index in [0.29, 0.717) is 0 Å². The smallest absolute Gasteiger partial charge is 0.134 e. The van der Waals surface area contributed by atoms with E-state index in [1.54, 1.807) is 0 Å². The average Bonchev–Trinajstić information content (AvgIpc) is 2.68. The SMILES string of the molecule is CCCCCCCCCCCOc1c2ccccc2cc2ccccc12. The van der Waals surface area contributed by atoms with E-state index in [0.717, 1.165) is 18.8 Å². The molecule has 0 spiro atoms. The molecule has 0 saturated heterocycles. The molecule has 0 aliphatic heterocycles. The van der Waals surface area contributed by atoms with Crippen molar-refractivity contribution in [2.24, 2.45) is 0 Å². The minimum absolute atomic E-state index is 0.813. The van der Waals surface area contributed by atoms with Crippen LogP contribution in [0.5, 0.6) is 5.75 Å². The van der Waals surface area contributed by atoms with Crippen LogP contribution in [0.25, 0.3) is 21.5 Å². The molecule has 138 valence electrons. The molecule has 3 aromatic rings. The lowest BCUT2D eigenvalue weighted by Gasteiger charge is -2.13. The van der Waals surface area contributed by atoms with Gasteiger partial charge in [0.15, 0.2) is 0 Å². The molecule has 1 nitrogen and oxygen atoms in total. The average molecular weight is 349 g/mol. The maximum Gasteiger partial charge on any atom is 0.134 e. The Morgan fingerprint density at radius 3 is 1.69 bits per heavy atom. The van der Waals surface area contributed by atoms with Gasteiger partial charge in [-0.25, -0.2) is 0 Å². The zero-order valence-corrected chi connectivity index (χ0v) is 16.2. The summed E-state index contributed by atoms with van der Waals surface area (Å²) in [5.74, 6) is 1.05. The van der Waals surface area contributed by atoms with Crippen LogP contribution < -0.4 is 4.74 Å². The van der Waals surface area contributed by atoms with Crippen LogP contribution in [0.2, 0.25) is 0 Å². The molecule has 0 unspecified atom stereocenters. The van der Waals surface area contributed by atoms with Crippen molar-refractivity contribution in [3.05, 3.63) is 54.6 Å². The molecule has 0 N–H and O–H groups in total. The van der Waals surface area contributed by atoms with E-state index in [1.165, 1.54) is 72.9 Å². The maximum absolute atomic E-state index is 6.29. The van der Waals surface area contributed by atoms with Crippen molar-refractivity contribution >= 4 is 21.5 Å². The van der Waals surface area contributed by atoms with Crippen LogP contribution in [0.15, 0.2) is 54.6 Å². The number of unbranched alkanes of at least 4 members (excludes halogenated alkanes) is 8. The lowest BCUT2D eigenvalue weighted by Crippen LogP contribution is -1.99. The van der Waals surface area contributed by atoms with E-state index in [2.05, 4.69) is 61.5 Å². The molecule has 0 atom stereocenters. The normalized spacial score (nSPS) is 11.3.